The molecule has 4 rings (SSSR count). The second-order valence-corrected chi connectivity index (χ2v) is 7.64. The molecule has 1 aliphatic carbocycles. The minimum atomic E-state index is -4.00. The van der Waals surface area contributed by atoms with Crippen molar-refractivity contribution in [3.63, 3.8) is 0 Å². The Morgan fingerprint density at radius 3 is 1.83 bits per heavy atom. The van der Waals surface area contributed by atoms with E-state index in [1.54, 1.807) is 29.8 Å². The quantitative estimate of drug-likeness (QED) is 0.134. The van der Waals surface area contributed by atoms with Crippen LogP contribution < -0.4 is 88.7 Å². The first kappa shape index (κ1) is 39.1. The predicted octanol–water partition coefficient (Wildman–Crippen LogP) is -4.54. The number of fused-ring (bicyclic) bond motifs is 3. The van der Waals surface area contributed by atoms with Crippen LogP contribution in [0, 0.1) is 0 Å². The second kappa shape index (κ2) is 19.7. The van der Waals surface area contributed by atoms with Crippen LogP contribution in [0.15, 0.2) is 84.3 Å². The summed E-state index contributed by atoms with van der Waals surface area (Å²) in [6.07, 6.45) is 3.66. The fourth-order valence-electron chi connectivity index (χ4n) is 2.55. The van der Waals surface area contributed by atoms with Crippen LogP contribution in [0.3, 0.4) is 0 Å². The minimum Gasteiger partial charge on any atom is -1.00 e. The topological polar surface area (TPSA) is 129 Å². The van der Waals surface area contributed by atoms with Crippen molar-refractivity contribution in [2.45, 2.75) is 6.42 Å². The van der Waals surface area contributed by atoms with Gasteiger partial charge in [0.05, 0.1) is 5.41 Å². The summed E-state index contributed by atoms with van der Waals surface area (Å²) in [5.41, 5.74) is 3.82. The molecule has 174 valence electrons. The van der Waals surface area contributed by atoms with Crippen LogP contribution in [0.25, 0.3) is 16.8 Å². The molecule has 0 saturated carbocycles. The van der Waals surface area contributed by atoms with E-state index in [1.807, 2.05) is 6.07 Å². The zero-order valence-electron chi connectivity index (χ0n) is 22.8. The van der Waals surface area contributed by atoms with Gasteiger partial charge in [-0.05, 0) is 40.0 Å². The van der Waals surface area contributed by atoms with Crippen LogP contribution in [0.2, 0.25) is 0 Å². The third kappa shape index (κ3) is 16.9. The number of rotatable bonds is 4. The van der Waals surface area contributed by atoms with Gasteiger partial charge >= 0.3 is 101 Å². The average Bonchev–Trinajstić information content (AvgIpc) is 3.53. The van der Waals surface area contributed by atoms with Crippen molar-refractivity contribution < 1.29 is 126 Å². The first-order valence-corrected chi connectivity index (χ1v) is 10.5. The van der Waals surface area contributed by atoms with Gasteiger partial charge in [-0.3, -0.25) is 4.55 Å². The zero-order chi connectivity index (χ0) is 22.9. The first-order valence-electron chi connectivity index (χ1n) is 9.00. The van der Waals surface area contributed by atoms with Crippen molar-refractivity contribution in [2.75, 3.05) is 0 Å². The molecule has 0 fully saturated rings. The maximum Gasteiger partial charge on any atom is 1.00 e. The van der Waals surface area contributed by atoms with Gasteiger partial charge < -0.3 is 14.5 Å². The molecule has 0 atom stereocenters. The van der Waals surface area contributed by atoms with Crippen molar-refractivity contribution >= 4 is 52.4 Å². The first-order chi connectivity index (χ1) is 14.7. The molecule has 0 radical (unpaired) electrons. The van der Waals surface area contributed by atoms with Gasteiger partial charge in [-0.25, -0.2) is 9.59 Å². The van der Waals surface area contributed by atoms with Crippen molar-refractivity contribution in [3.8, 4) is 0 Å². The number of carboxylic acid groups (broad SMARTS) is 2. The summed E-state index contributed by atoms with van der Waals surface area (Å²) in [6, 6.07) is 21.9. The van der Waals surface area contributed by atoms with Crippen LogP contribution in [-0.4, -0.2) is 35.1 Å². The average molecular weight is 547 g/mol. The van der Waals surface area contributed by atoms with Crippen LogP contribution in [0.1, 0.15) is 21.0 Å². The second-order valence-electron chi connectivity index (χ2n) is 6.34. The number of carbonyl (C=O) groups is 2. The van der Waals surface area contributed by atoms with Gasteiger partial charge in [-0.1, -0.05) is 66.7 Å². The summed E-state index contributed by atoms with van der Waals surface area (Å²) in [4.78, 5) is 19.1. The van der Waals surface area contributed by atoms with Gasteiger partial charge in [0, 0.05) is 12.2 Å². The largest absolute Gasteiger partial charge is 1.00 e. The van der Waals surface area contributed by atoms with Crippen molar-refractivity contribution in [2.24, 2.45) is 0 Å². The molecule has 0 spiro atoms. The molecule has 0 heterocycles. The smallest absolute Gasteiger partial charge is 1.00 e. The molecule has 3 aromatic rings. The molecule has 7 nitrogen and oxygen atoms in total. The van der Waals surface area contributed by atoms with Crippen LogP contribution in [-0.2, 0) is 26.1 Å². The Morgan fingerprint density at radius 1 is 0.800 bits per heavy atom. The number of carboxylic acids is 2. The van der Waals surface area contributed by atoms with Crippen molar-refractivity contribution in [1.29, 1.82) is 0 Å². The van der Waals surface area contributed by atoms with E-state index >= 15 is 0 Å². The molecular formula is C23H25Na3O7S2. The van der Waals surface area contributed by atoms with Crippen LogP contribution in [0.5, 0.6) is 0 Å². The summed E-state index contributed by atoms with van der Waals surface area (Å²) in [6.45, 7) is 0. The van der Waals surface area contributed by atoms with E-state index in [-0.39, 0.29) is 106 Å². The van der Waals surface area contributed by atoms with Gasteiger partial charge in [-0.2, -0.15) is 21.9 Å². The number of benzene rings is 3. The Bertz CT molecular complexity index is 1250. The minimum absolute atomic E-state index is 0. The standard InChI is InChI=1S/C11H8.C8H8O3S.C4H4O4.3Na.H2S.3H/c1-2-4-10-8(3-1)5-6-9-7-11(9)10;9-12(10,11)7-6-8-4-2-1-3-5-8;5-3(6)1-2-4(7)8;;;;;;;/h1-6H,7H2;1-7H,(H,9,10,11);1-2H,(H,5,6)(H,7,8);;;;1H2;;;/q;;;3*+1;;3*-1/b;;2-1-;;;;;;;. The predicted molar refractivity (Wildman–Crippen MR) is 132 cm³/mol. The molecule has 35 heavy (non-hydrogen) atoms. The van der Waals surface area contributed by atoms with E-state index in [2.05, 4.69) is 36.4 Å². The Hall–Kier alpha value is -0.400. The molecule has 3 aromatic carbocycles. The summed E-state index contributed by atoms with van der Waals surface area (Å²) < 4.78 is 28.9. The van der Waals surface area contributed by atoms with Gasteiger partial charge in [0.2, 0.25) is 0 Å². The van der Waals surface area contributed by atoms with E-state index < -0.39 is 22.1 Å². The fraction of sp³-hybridized carbons (Fsp3) is 0.0435. The Morgan fingerprint density at radius 2 is 1.31 bits per heavy atom. The Labute approximate surface area is 282 Å². The van der Waals surface area contributed by atoms with E-state index in [4.69, 9.17) is 14.8 Å². The van der Waals surface area contributed by atoms with Crippen LogP contribution in [0.4, 0.5) is 0 Å². The van der Waals surface area contributed by atoms with Crippen molar-refractivity contribution in [3.05, 3.63) is 101 Å². The number of aliphatic carboxylic acids is 2. The third-order valence-electron chi connectivity index (χ3n) is 3.98. The molecule has 0 saturated heterocycles. The molecule has 0 bridgehead atoms. The number of hydrogen-bond acceptors (Lipinski definition) is 4. The zero-order valence-corrected chi connectivity index (χ0v) is 27.6. The van der Waals surface area contributed by atoms with E-state index in [9.17, 15) is 18.0 Å². The summed E-state index contributed by atoms with van der Waals surface area (Å²) >= 11 is 0. The van der Waals surface area contributed by atoms with Gasteiger partial charge in [0.15, 0.2) is 0 Å². The molecular weight excluding hydrogens is 521 g/mol. The molecule has 0 aliphatic heterocycles. The SMILES string of the molecule is O=C(O)/C=C\C(=O)O.O=S(=O)(O)C=Cc1ccccc1.S.[H-].[H-].[H-].[Na+].[Na+].[Na+].c1ccc2c3c(ccc2c1)C3. The Kier molecular flexibility index (Phi) is 22.0. The third-order valence-corrected chi connectivity index (χ3v) is 4.46. The van der Waals surface area contributed by atoms with E-state index in [0.29, 0.717) is 12.2 Å². The van der Waals surface area contributed by atoms with Gasteiger partial charge in [0.25, 0.3) is 10.1 Å². The van der Waals surface area contributed by atoms with E-state index in [1.165, 1.54) is 28.8 Å². The maximum atomic E-state index is 10.3. The van der Waals surface area contributed by atoms with E-state index in [0.717, 1.165) is 11.0 Å². The fourth-order valence-corrected chi connectivity index (χ4v) is 2.88. The van der Waals surface area contributed by atoms with Crippen LogP contribution >= 0.6 is 13.5 Å². The molecule has 12 heteroatoms. The summed E-state index contributed by atoms with van der Waals surface area (Å²) in [7, 11) is -4.00. The summed E-state index contributed by atoms with van der Waals surface area (Å²) in [5.74, 6) is -2.51. The molecule has 0 aromatic heterocycles. The maximum absolute atomic E-state index is 10.3. The molecule has 3 N–H and O–H groups in total. The Balaban J connectivity index is -0.0000000941. The molecule has 1 aliphatic rings. The van der Waals surface area contributed by atoms with Crippen molar-refractivity contribution in [1.82, 2.24) is 0 Å². The number of hydrogen-bond donors (Lipinski definition) is 3. The molecule has 0 amide bonds. The molecule has 0 unspecified atom stereocenters. The monoisotopic (exact) mass is 546 g/mol. The van der Waals surface area contributed by atoms with Gasteiger partial charge in [0.1, 0.15) is 0 Å². The normalized spacial score (nSPS) is 10.4. The van der Waals surface area contributed by atoms with Gasteiger partial charge in [-0.15, -0.1) is 0 Å². The summed E-state index contributed by atoms with van der Waals surface area (Å²) in [5, 5.41) is 19.2.